The van der Waals surface area contributed by atoms with Gasteiger partial charge < -0.3 is 10.6 Å². The van der Waals surface area contributed by atoms with Crippen molar-refractivity contribution >= 4 is 16.0 Å². The van der Waals surface area contributed by atoms with Gasteiger partial charge in [0.25, 0.3) is 0 Å². The molecule has 0 aliphatic carbocycles. The highest BCUT2D eigenvalue weighted by atomic mass is 32.2. The lowest BCUT2D eigenvalue weighted by Crippen LogP contribution is -2.38. The molecule has 0 heterocycles. The van der Waals surface area contributed by atoms with Crippen molar-refractivity contribution in [1.82, 2.24) is 14.9 Å². The van der Waals surface area contributed by atoms with Crippen molar-refractivity contribution < 1.29 is 12.8 Å². The average molecular weight is 358 g/mol. The monoisotopic (exact) mass is 358 g/mol. The molecule has 0 aliphatic rings. The number of nitrogens with one attached hydrogen (secondary N) is 2. The van der Waals surface area contributed by atoms with Crippen molar-refractivity contribution in [3.05, 3.63) is 35.1 Å². The fourth-order valence-electron chi connectivity index (χ4n) is 2.09. The van der Waals surface area contributed by atoms with Crippen LogP contribution < -0.4 is 10.6 Å². The molecule has 0 aromatic heterocycles. The van der Waals surface area contributed by atoms with Crippen molar-refractivity contribution in [2.75, 3.05) is 32.9 Å². The van der Waals surface area contributed by atoms with Crippen molar-refractivity contribution in [1.29, 1.82) is 0 Å². The number of benzene rings is 1. The number of aliphatic imine (C=N–C) groups is 1. The summed E-state index contributed by atoms with van der Waals surface area (Å²) in [4.78, 5) is 4.11. The van der Waals surface area contributed by atoms with Gasteiger partial charge in [0, 0.05) is 33.7 Å². The fourth-order valence-corrected chi connectivity index (χ4v) is 2.94. The standard InChI is InChI=1S/C16H27FN4O2S/c1-5-24(22,23)21(4)10-6-9-19-16(18-3)20-12-14-7-8-15(17)13(2)11-14/h7-8,11H,5-6,9-10,12H2,1-4H3,(H2,18,19,20). The molecule has 24 heavy (non-hydrogen) atoms. The molecule has 0 unspecified atom stereocenters. The first kappa shape index (κ1) is 20.4. The molecule has 0 radical (unpaired) electrons. The second-order valence-electron chi connectivity index (χ2n) is 5.51. The maximum absolute atomic E-state index is 13.2. The molecule has 0 amide bonds. The lowest BCUT2D eigenvalue weighted by Gasteiger charge is -2.17. The number of aryl methyl sites for hydroxylation is 1. The Bertz CT molecular complexity index is 662. The Morgan fingerprint density at radius 3 is 2.62 bits per heavy atom. The second-order valence-corrected chi connectivity index (χ2v) is 7.88. The van der Waals surface area contributed by atoms with Gasteiger partial charge in [-0.05, 0) is 37.5 Å². The van der Waals surface area contributed by atoms with E-state index in [0.29, 0.717) is 37.6 Å². The third-order valence-electron chi connectivity index (χ3n) is 3.69. The van der Waals surface area contributed by atoms with E-state index < -0.39 is 10.0 Å². The zero-order chi connectivity index (χ0) is 18.2. The molecule has 0 atom stereocenters. The van der Waals surface area contributed by atoms with Crippen LogP contribution in [-0.4, -0.2) is 51.6 Å². The largest absolute Gasteiger partial charge is 0.356 e. The van der Waals surface area contributed by atoms with E-state index in [2.05, 4.69) is 15.6 Å². The SMILES string of the molecule is CCS(=O)(=O)N(C)CCCNC(=NC)NCc1ccc(F)c(C)c1. The number of hydrogen-bond acceptors (Lipinski definition) is 3. The quantitative estimate of drug-likeness (QED) is 0.419. The van der Waals surface area contributed by atoms with Crippen LogP contribution in [0.25, 0.3) is 0 Å². The molecule has 136 valence electrons. The molecule has 8 heteroatoms. The molecule has 0 bridgehead atoms. The zero-order valence-corrected chi connectivity index (χ0v) is 15.6. The topological polar surface area (TPSA) is 73.8 Å². The van der Waals surface area contributed by atoms with E-state index in [4.69, 9.17) is 0 Å². The van der Waals surface area contributed by atoms with Gasteiger partial charge in [0.1, 0.15) is 5.82 Å². The summed E-state index contributed by atoms with van der Waals surface area (Å²) in [6.07, 6.45) is 0.673. The zero-order valence-electron chi connectivity index (χ0n) is 14.8. The highest BCUT2D eigenvalue weighted by Gasteiger charge is 2.13. The highest BCUT2D eigenvalue weighted by molar-refractivity contribution is 7.89. The molecule has 1 aromatic carbocycles. The Labute approximate surface area is 144 Å². The smallest absolute Gasteiger partial charge is 0.213 e. The molecular weight excluding hydrogens is 331 g/mol. The van der Waals surface area contributed by atoms with Crippen LogP contribution in [0.1, 0.15) is 24.5 Å². The molecule has 1 aromatic rings. The predicted molar refractivity (Wildman–Crippen MR) is 96.0 cm³/mol. The fraction of sp³-hybridized carbons (Fsp3) is 0.562. The van der Waals surface area contributed by atoms with Gasteiger partial charge in [-0.3, -0.25) is 4.99 Å². The van der Waals surface area contributed by atoms with Gasteiger partial charge in [-0.15, -0.1) is 0 Å². The number of nitrogens with zero attached hydrogens (tertiary/aromatic N) is 2. The molecule has 2 N–H and O–H groups in total. The average Bonchev–Trinajstić information content (AvgIpc) is 2.56. The number of rotatable bonds is 8. The minimum Gasteiger partial charge on any atom is -0.356 e. The van der Waals surface area contributed by atoms with Gasteiger partial charge in [0.2, 0.25) is 10.0 Å². The van der Waals surface area contributed by atoms with E-state index in [0.717, 1.165) is 5.56 Å². The molecule has 0 spiro atoms. The van der Waals surface area contributed by atoms with Crippen LogP contribution in [0.5, 0.6) is 0 Å². The summed E-state index contributed by atoms with van der Waals surface area (Å²) >= 11 is 0. The van der Waals surface area contributed by atoms with E-state index in [-0.39, 0.29) is 11.6 Å². The third-order valence-corrected chi connectivity index (χ3v) is 5.55. The van der Waals surface area contributed by atoms with Gasteiger partial charge in [-0.25, -0.2) is 17.1 Å². The first-order valence-electron chi connectivity index (χ1n) is 7.93. The van der Waals surface area contributed by atoms with Crippen molar-refractivity contribution in [3.8, 4) is 0 Å². The first-order valence-corrected chi connectivity index (χ1v) is 9.54. The van der Waals surface area contributed by atoms with E-state index in [1.807, 2.05) is 0 Å². The van der Waals surface area contributed by atoms with Crippen LogP contribution in [0.2, 0.25) is 0 Å². The molecule has 0 aliphatic heterocycles. The van der Waals surface area contributed by atoms with Gasteiger partial charge in [0.05, 0.1) is 5.75 Å². The number of sulfonamides is 1. The first-order chi connectivity index (χ1) is 11.3. The van der Waals surface area contributed by atoms with Crippen LogP contribution >= 0.6 is 0 Å². The van der Waals surface area contributed by atoms with Crippen LogP contribution in [0.4, 0.5) is 4.39 Å². The van der Waals surface area contributed by atoms with Crippen molar-refractivity contribution in [3.63, 3.8) is 0 Å². The van der Waals surface area contributed by atoms with E-state index in [9.17, 15) is 12.8 Å². The summed E-state index contributed by atoms with van der Waals surface area (Å²) in [5.74, 6) is 0.516. The summed E-state index contributed by atoms with van der Waals surface area (Å²) in [5, 5.41) is 6.28. The Kier molecular flexibility index (Phi) is 8.14. The molecular formula is C16H27FN4O2S. The van der Waals surface area contributed by atoms with Gasteiger partial charge >= 0.3 is 0 Å². The Morgan fingerprint density at radius 2 is 2.04 bits per heavy atom. The molecule has 0 fully saturated rings. The summed E-state index contributed by atoms with van der Waals surface area (Å²) in [6, 6.07) is 4.97. The van der Waals surface area contributed by atoms with Crippen LogP contribution in [-0.2, 0) is 16.6 Å². The van der Waals surface area contributed by atoms with E-state index >= 15 is 0 Å². The van der Waals surface area contributed by atoms with Crippen molar-refractivity contribution in [2.24, 2.45) is 4.99 Å². The highest BCUT2D eigenvalue weighted by Crippen LogP contribution is 2.08. The molecule has 6 nitrogen and oxygen atoms in total. The minimum atomic E-state index is -3.13. The Balaban J connectivity index is 2.37. The number of halogens is 1. The lowest BCUT2D eigenvalue weighted by atomic mass is 10.1. The van der Waals surface area contributed by atoms with Gasteiger partial charge in [-0.1, -0.05) is 12.1 Å². The molecule has 0 saturated carbocycles. The third kappa shape index (κ3) is 6.45. The van der Waals surface area contributed by atoms with Crippen LogP contribution in [0.3, 0.4) is 0 Å². The van der Waals surface area contributed by atoms with E-state index in [1.54, 1.807) is 40.1 Å². The van der Waals surface area contributed by atoms with E-state index in [1.165, 1.54) is 10.4 Å². The predicted octanol–water partition coefficient (Wildman–Crippen LogP) is 1.47. The van der Waals surface area contributed by atoms with Gasteiger partial charge in [-0.2, -0.15) is 0 Å². The number of hydrogen-bond donors (Lipinski definition) is 2. The number of guanidine groups is 1. The summed E-state index contributed by atoms with van der Waals surface area (Å²) in [6.45, 7) is 4.95. The van der Waals surface area contributed by atoms with Crippen LogP contribution in [0.15, 0.2) is 23.2 Å². The lowest BCUT2D eigenvalue weighted by molar-refractivity contribution is 0.461. The second kappa shape index (κ2) is 9.58. The Morgan fingerprint density at radius 1 is 1.33 bits per heavy atom. The molecule has 1 rings (SSSR count). The molecule has 0 saturated heterocycles. The summed E-state index contributed by atoms with van der Waals surface area (Å²) in [7, 11) is 0.122. The minimum absolute atomic E-state index is 0.108. The van der Waals surface area contributed by atoms with Crippen molar-refractivity contribution in [2.45, 2.75) is 26.8 Å². The van der Waals surface area contributed by atoms with Gasteiger partial charge in [0.15, 0.2) is 5.96 Å². The Hall–Kier alpha value is -1.67. The maximum Gasteiger partial charge on any atom is 0.213 e. The maximum atomic E-state index is 13.2. The summed E-state index contributed by atoms with van der Waals surface area (Å²) < 4.78 is 37.9. The normalized spacial score (nSPS) is 12.5. The summed E-state index contributed by atoms with van der Waals surface area (Å²) in [5.41, 5.74) is 1.57. The van der Waals surface area contributed by atoms with Crippen LogP contribution in [0, 0.1) is 12.7 Å².